The summed E-state index contributed by atoms with van der Waals surface area (Å²) < 4.78 is 4.83. The molecule has 2 saturated heterocycles. The van der Waals surface area contributed by atoms with E-state index in [1.807, 2.05) is 30.3 Å². The Morgan fingerprint density at radius 2 is 2.04 bits per heavy atom. The molecule has 10 heteroatoms. The minimum Gasteiger partial charge on any atom is -0.544 e. The van der Waals surface area contributed by atoms with Gasteiger partial charge in [0.1, 0.15) is 18.6 Å². The van der Waals surface area contributed by atoms with E-state index in [-0.39, 0.29) is 49.0 Å². The molecule has 2 aliphatic heterocycles. The maximum atomic E-state index is 12.5. The Balaban J connectivity index is 0.00000243. The van der Waals surface area contributed by atoms with E-state index in [0.29, 0.717) is 16.5 Å². The summed E-state index contributed by atoms with van der Waals surface area (Å²) in [6, 6.07) is 8.58. The number of ether oxygens (including phenoxy) is 1. The first-order chi connectivity index (χ1) is 11.9. The fourth-order valence-electron chi connectivity index (χ4n) is 2.77. The van der Waals surface area contributed by atoms with Crippen molar-refractivity contribution in [2.24, 2.45) is 0 Å². The molecule has 0 saturated carbocycles. The summed E-state index contributed by atoms with van der Waals surface area (Å²) in [5, 5.41) is 14.9. The molecule has 1 N–H and O–H groups in total. The van der Waals surface area contributed by atoms with E-state index in [2.05, 4.69) is 5.32 Å². The molecule has 1 aromatic rings. The first-order valence-corrected chi connectivity index (χ1v) is 8.07. The Kier molecular flexibility index (Phi) is 6.75. The van der Waals surface area contributed by atoms with Crippen LogP contribution in [0, 0.1) is 0 Å². The van der Waals surface area contributed by atoms with Gasteiger partial charge in [0.2, 0.25) is 0 Å². The Hall–Kier alpha value is -1.52. The number of cyclic esters (lactones) is 1. The Bertz CT molecular complexity index is 731. The van der Waals surface area contributed by atoms with Crippen LogP contribution in [0.3, 0.4) is 0 Å². The standard InChI is InChI=1S/C16H16N2O6S.Na/c19-13-6-7-16(24-13,15(21)22)18-14(20)11(9-23-18)17-12(25)8-10-4-2-1-3-5-10;/h1-5,11H,6-9H2,(H,17,25)(H,21,22);/q;+1/p-1/t11-,16?;/m0./s1. The van der Waals surface area contributed by atoms with Crippen molar-refractivity contribution in [3.05, 3.63) is 35.9 Å². The van der Waals surface area contributed by atoms with Crippen LogP contribution in [0.2, 0.25) is 0 Å². The van der Waals surface area contributed by atoms with E-state index < -0.39 is 29.6 Å². The minimum absolute atomic E-state index is 0. The maximum Gasteiger partial charge on any atom is 1.00 e. The molecule has 0 aliphatic carbocycles. The second-order valence-electron chi connectivity index (χ2n) is 5.76. The molecule has 2 aliphatic rings. The number of benzene rings is 1. The number of hydroxylamine groups is 2. The number of carboxylic acids is 1. The smallest absolute Gasteiger partial charge is 0.544 e. The number of rotatable bonds is 5. The van der Waals surface area contributed by atoms with E-state index in [0.717, 1.165) is 5.56 Å². The number of carboxylic acid groups (broad SMARTS) is 1. The van der Waals surface area contributed by atoms with Gasteiger partial charge in [-0.3, -0.25) is 14.4 Å². The third-order valence-electron chi connectivity index (χ3n) is 4.01. The fourth-order valence-corrected chi connectivity index (χ4v) is 3.08. The van der Waals surface area contributed by atoms with Crippen molar-refractivity contribution in [1.29, 1.82) is 0 Å². The zero-order valence-corrected chi connectivity index (χ0v) is 16.9. The number of amides is 1. The molecule has 2 atom stereocenters. The number of esters is 1. The van der Waals surface area contributed by atoms with Crippen LogP contribution in [0.1, 0.15) is 18.4 Å². The summed E-state index contributed by atoms with van der Waals surface area (Å²) in [7, 11) is 0. The Morgan fingerprint density at radius 3 is 2.62 bits per heavy atom. The van der Waals surface area contributed by atoms with Crippen molar-refractivity contribution in [2.45, 2.75) is 31.0 Å². The summed E-state index contributed by atoms with van der Waals surface area (Å²) in [5.74, 6) is -3.09. The van der Waals surface area contributed by atoms with Crippen LogP contribution < -0.4 is 40.0 Å². The molecule has 1 aromatic carbocycles. The number of aliphatic carboxylic acids is 1. The van der Waals surface area contributed by atoms with Gasteiger partial charge in [-0.2, -0.15) is 5.06 Å². The Morgan fingerprint density at radius 1 is 1.35 bits per heavy atom. The first kappa shape index (κ1) is 20.8. The van der Waals surface area contributed by atoms with Crippen LogP contribution >= 0.6 is 12.2 Å². The van der Waals surface area contributed by atoms with Crippen LogP contribution in [0.15, 0.2) is 30.3 Å². The van der Waals surface area contributed by atoms with Gasteiger partial charge in [-0.1, -0.05) is 42.5 Å². The molecular formula is C16H15N2NaO6S. The van der Waals surface area contributed by atoms with Gasteiger partial charge >= 0.3 is 35.5 Å². The van der Waals surface area contributed by atoms with Gasteiger partial charge < -0.3 is 20.0 Å². The molecule has 1 amide bonds. The van der Waals surface area contributed by atoms with E-state index in [1.165, 1.54) is 0 Å². The van der Waals surface area contributed by atoms with Crippen molar-refractivity contribution in [2.75, 3.05) is 6.61 Å². The van der Waals surface area contributed by atoms with E-state index in [1.54, 1.807) is 0 Å². The molecule has 3 rings (SSSR count). The molecule has 8 nitrogen and oxygen atoms in total. The quantitative estimate of drug-likeness (QED) is 0.311. The number of nitrogens with one attached hydrogen (secondary N) is 1. The third kappa shape index (κ3) is 4.07. The zero-order chi connectivity index (χ0) is 18.0. The van der Waals surface area contributed by atoms with Crippen LogP contribution in [-0.4, -0.2) is 46.3 Å². The number of hydrogen-bond acceptors (Lipinski definition) is 7. The third-order valence-corrected chi connectivity index (χ3v) is 4.27. The minimum atomic E-state index is -2.22. The molecule has 132 valence electrons. The van der Waals surface area contributed by atoms with E-state index in [4.69, 9.17) is 21.8 Å². The van der Waals surface area contributed by atoms with Gasteiger partial charge in [0.15, 0.2) is 0 Å². The monoisotopic (exact) mass is 386 g/mol. The topological polar surface area (TPSA) is 108 Å². The second-order valence-corrected chi connectivity index (χ2v) is 6.25. The van der Waals surface area contributed by atoms with Gasteiger partial charge in [0.25, 0.3) is 11.6 Å². The molecule has 0 radical (unpaired) electrons. The van der Waals surface area contributed by atoms with Gasteiger partial charge in [-0.15, -0.1) is 0 Å². The second kappa shape index (κ2) is 8.45. The fraction of sp³-hybridized carbons (Fsp3) is 0.375. The maximum absolute atomic E-state index is 12.5. The Labute approximate surface area is 177 Å². The predicted molar refractivity (Wildman–Crippen MR) is 85.5 cm³/mol. The number of hydrogen-bond donors (Lipinski definition) is 1. The molecule has 0 spiro atoms. The van der Waals surface area contributed by atoms with Gasteiger partial charge in [0, 0.05) is 12.8 Å². The number of nitrogens with zero attached hydrogens (tertiary/aromatic N) is 1. The summed E-state index contributed by atoms with van der Waals surface area (Å²) in [5.41, 5.74) is -1.25. The largest absolute Gasteiger partial charge is 1.00 e. The van der Waals surface area contributed by atoms with Crippen molar-refractivity contribution in [1.82, 2.24) is 10.4 Å². The summed E-state index contributed by atoms with van der Waals surface area (Å²) in [6.45, 7) is -0.125. The van der Waals surface area contributed by atoms with Crippen molar-refractivity contribution in [3.8, 4) is 0 Å². The van der Waals surface area contributed by atoms with Crippen LogP contribution in [0.4, 0.5) is 0 Å². The molecule has 26 heavy (non-hydrogen) atoms. The van der Waals surface area contributed by atoms with Gasteiger partial charge in [0.05, 0.1) is 11.4 Å². The molecule has 2 fully saturated rings. The van der Waals surface area contributed by atoms with Crippen molar-refractivity contribution in [3.63, 3.8) is 0 Å². The van der Waals surface area contributed by atoms with Crippen LogP contribution in [0.25, 0.3) is 0 Å². The van der Waals surface area contributed by atoms with E-state index in [9.17, 15) is 19.5 Å². The van der Waals surface area contributed by atoms with Crippen molar-refractivity contribution < 1.29 is 58.6 Å². The number of thiocarbonyl (C=S) groups is 1. The van der Waals surface area contributed by atoms with Crippen LogP contribution in [-0.2, 0) is 30.4 Å². The number of carbonyl (C=O) groups is 3. The molecule has 1 unspecified atom stereocenters. The van der Waals surface area contributed by atoms with Gasteiger partial charge in [-0.05, 0) is 5.56 Å². The molecule has 0 aromatic heterocycles. The summed E-state index contributed by atoms with van der Waals surface area (Å²) in [6.07, 6.45) is 0.0767. The first-order valence-electron chi connectivity index (χ1n) is 7.66. The molecular weight excluding hydrogens is 371 g/mol. The average Bonchev–Trinajstić information content (AvgIpc) is 3.13. The summed E-state index contributed by atoms with van der Waals surface area (Å²) in [4.78, 5) is 40.9. The zero-order valence-electron chi connectivity index (χ0n) is 14.1. The normalized spacial score (nSPS) is 24.8. The van der Waals surface area contributed by atoms with Crippen LogP contribution in [0.5, 0.6) is 0 Å². The number of carbonyl (C=O) groups excluding carboxylic acids is 3. The average molecular weight is 386 g/mol. The SMILES string of the molecule is O=C1CCC(C(=O)[O-])(N2OC[C@H](NC(=S)Cc3ccccc3)C2=O)O1.[Na+]. The molecule has 2 heterocycles. The van der Waals surface area contributed by atoms with Gasteiger partial charge in [-0.25, -0.2) is 0 Å². The molecule has 0 bridgehead atoms. The summed E-state index contributed by atoms with van der Waals surface area (Å²) >= 11 is 5.25. The van der Waals surface area contributed by atoms with Crippen molar-refractivity contribution >= 4 is 35.1 Å². The van der Waals surface area contributed by atoms with E-state index >= 15 is 0 Å². The predicted octanol–water partition coefficient (Wildman–Crippen LogP) is -3.92.